The van der Waals surface area contributed by atoms with E-state index in [0.717, 1.165) is 22.7 Å². The van der Waals surface area contributed by atoms with Crippen molar-refractivity contribution in [3.05, 3.63) is 249 Å². The summed E-state index contributed by atoms with van der Waals surface area (Å²) in [5.41, 5.74) is 17.5. The van der Waals surface area contributed by atoms with Crippen molar-refractivity contribution < 1.29 is 0 Å². The van der Waals surface area contributed by atoms with Crippen LogP contribution in [0.2, 0.25) is 0 Å². The van der Waals surface area contributed by atoms with Gasteiger partial charge in [0, 0.05) is 50.0 Å². The Balaban J connectivity index is 0.959. The molecule has 3 heteroatoms. The summed E-state index contributed by atoms with van der Waals surface area (Å²) >= 11 is 0. The highest BCUT2D eigenvalue weighted by Crippen LogP contribution is 2.41. The van der Waals surface area contributed by atoms with E-state index in [-0.39, 0.29) is 0 Å². The molecule has 10 aromatic carbocycles. The summed E-state index contributed by atoms with van der Waals surface area (Å²) in [4.78, 5) is 2.35. The Kier molecular flexibility index (Phi) is 8.83. The predicted octanol–water partition coefficient (Wildman–Crippen LogP) is 16.4. The van der Waals surface area contributed by atoms with Crippen molar-refractivity contribution in [3.8, 4) is 44.8 Å². The lowest BCUT2D eigenvalue weighted by Gasteiger charge is -2.26. The number of anilines is 3. The predicted molar refractivity (Wildman–Crippen MR) is 266 cm³/mol. The number of rotatable bonds is 8. The van der Waals surface area contributed by atoms with Gasteiger partial charge in [-0.15, -0.1) is 0 Å². The van der Waals surface area contributed by atoms with E-state index < -0.39 is 0 Å². The summed E-state index contributed by atoms with van der Waals surface area (Å²) in [6.45, 7) is 0. The van der Waals surface area contributed by atoms with Crippen molar-refractivity contribution in [3.63, 3.8) is 0 Å². The van der Waals surface area contributed by atoms with Crippen LogP contribution in [0.15, 0.2) is 249 Å². The Morgan fingerprint density at radius 2 is 0.587 bits per heavy atom. The monoisotopic (exact) mass is 803 g/mol. The Morgan fingerprint density at radius 1 is 0.222 bits per heavy atom. The van der Waals surface area contributed by atoms with Crippen LogP contribution < -0.4 is 4.90 Å². The summed E-state index contributed by atoms with van der Waals surface area (Å²) < 4.78 is 4.80. The second-order valence-electron chi connectivity index (χ2n) is 16.2. The molecule has 0 atom stereocenters. The Hall–Kier alpha value is -8.40. The van der Waals surface area contributed by atoms with Crippen LogP contribution in [0, 0.1) is 0 Å². The number of aromatic nitrogens is 2. The topological polar surface area (TPSA) is 13.1 Å². The van der Waals surface area contributed by atoms with Gasteiger partial charge in [0.05, 0.1) is 22.1 Å². The minimum atomic E-state index is 1.09. The molecule has 0 amide bonds. The van der Waals surface area contributed by atoms with E-state index in [1.165, 1.54) is 82.7 Å². The molecule has 3 nitrogen and oxygen atoms in total. The molecular formula is C60H41N3. The van der Waals surface area contributed by atoms with Crippen LogP contribution in [0.5, 0.6) is 0 Å². The van der Waals surface area contributed by atoms with E-state index in [9.17, 15) is 0 Å². The summed E-state index contributed by atoms with van der Waals surface area (Å²) in [7, 11) is 0. The highest BCUT2D eigenvalue weighted by Gasteiger charge is 2.18. The molecule has 0 fully saturated rings. The van der Waals surface area contributed by atoms with Gasteiger partial charge in [-0.2, -0.15) is 0 Å². The quantitative estimate of drug-likeness (QED) is 0.149. The zero-order valence-corrected chi connectivity index (χ0v) is 34.5. The molecule has 296 valence electrons. The van der Waals surface area contributed by atoms with E-state index in [2.05, 4.69) is 263 Å². The summed E-state index contributed by atoms with van der Waals surface area (Å²) in [5, 5.41) is 4.97. The largest absolute Gasteiger partial charge is 0.311 e. The molecular weight excluding hydrogens is 763 g/mol. The van der Waals surface area contributed by atoms with Gasteiger partial charge in [0.2, 0.25) is 0 Å². The second kappa shape index (κ2) is 15.3. The van der Waals surface area contributed by atoms with Crippen LogP contribution in [0.25, 0.3) is 88.4 Å². The van der Waals surface area contributed by atoms with Crippen molar-refractivity contribution in [1.29, 1.82) is 0 Å². The number of fused-ring (bicyclic) bond motifs is 6. The average molecular weight is 804 g/mol. The van der Waals surface area contributed by atoms with Gasteiger partial charge in [-0.05, 0) is 124 Å². The van der Waals surface area contributed by atoms with Gasteiger partial charge in [0.1, 0.15) is 0 Å². The SMILES string of the molecule is c1ccc(-c2ccc(N(c3ccc(-c4ccccc4)cc3)c3ccc(-n4c5ccccc5c5ccc(-c6ccc7c(c6)c6ccccc6n7-c6ccccc6)cc54)cc3)cc2)cc1. The molecule has 0 radical (unpaired) electrons. The number of para-hydroxylation sites is 3. The molecule has 12 aromatic rings. The van der Waals surface area contributed by atoms with Crippen LogP contribution in [-0.2, 0) is 0 Å². The summed E-state index contributed by atoms with van der Waals surface area (Å²) in [6.07, 6.45) is 0. The lowest BCUT2D eigenvalue weighted by molar-refractivity contribution is 1.17. The van der Waals surface area contributed by atoms with E-state index in [1.807, 2.05) is 0 Å². The normalized spacial score (nSPS) is 11.5. The lowest BCUT2D eigenvalue weighted by Crippen LogP contribution is -2.10. The third-order valence-corrected chi connectivity index (χ3v) is 12.5. The molecule has 0 aliphatic carbocycles. The van der Waals surface area contributed by atoms with Gasteiger partial charge < -0.3 is 14.0 Å². The second-order valence-corrected chi connectivity index (χ2v) is 16.2. The van der Waals surface area contributed by atoms with Gasteiger partial charge >= 0.3 is 0 Å². The van der Waals surface area contributed by atoms with Crippen LogP contribution in [0.3, 0.4) is 0 Å². The number of nitrogens with zero attached hydrogens (tertiary/aromatic N) is 3. The molecule has 0 saturated carbocycles. The molecule has 0 unspecified atom stereocenters. The number of hydrogen-bond acceptors (Lipinski definition) is 1. The first-order chi connectivity index (χ1) is 31.2. The fraction of sp³-hybridized carbons (Fsp3) is 0. The zero-order valence-electron chi connectivity index (χ0n) is 34.5. The third-order valence-electron chi connectivity index (χ3n) is 12.5. The molecule has 2 aromatic heterocycles. The number of benzene rings is 10. The fourth-order valence-electron chi connectivity index (χ4n) is 9.50. The minimum Gasteiger partial charge on any atom is -0.311 e. The minimum absolute atomic E-state index is 1.09. The maximum atomic E-state index is 2.42. The molecule has 2 heterocycles. The fourth-order valence-corrected chi connectivity index (χ4v) is 9.50. The molecule has 0 N–H and O–H groups in total. The smallest absolute Gasteiger partial charge is 0.0547 e. The van der Waals surface area contributed by atoms with Gasteiger partial charge in [-0.25, -0.2) is 0 Å². The standard InChI is InChI=1S/C60H41N3/c1-4-14-42(15-5-1)44-24-30-49(31-25-44)61(50-32-26-45(27-33-50)43-16-6-2-7-17-43)51-34-36-52(37-35-51)63-57-22-12-10-20-53(57)55-38-28-47(41-60(55)63)46-29-39-59-56(40-46)54-21-11-13-23-58(54)62(59)48-18-8-3-9-19-48/h1-41H. The third kappa shape index (κ3) is 6.38. The van der Waals surface area contributed by atoms with Crippen molar-refractivity contribution in [2.24, 2.45) is 0 Å². The molecule has 0 spiro atoms. The number of hydrogen-bond donors (Lipinski definition) is 0. The van der Waals surface area contributed by atoms with Crippen molar-refractivity contribution >= 4 is 60.7 Å². The van der Waals surface area contributed by atoms with Gasteiger partial charge in [0.25, 0.3) is 0 Å². The first kappa shape index (κ1) is 36.5. The van der Waals surface area contributed by atoms with E-state index in [0.29, 0.717) is 0 Å². The summed E-state index contributed by atoms with van der Waals surface area (Å²) in [6, 6.07) is 90.0. The van der Waals surface area contributed by atoms with Crippen molar-refractivity contribution in [2.75, 3.05) is 4.90 Å². The van der Waals surface area contributed by atoms with E-state index in [4.69, 9.17) is 0 Å². The first-order valence-electron chi connectivity index (χ1n) is 21.6. The van der Waals surface area contributed by atoms with Crippen LogP contribution in [0.1, 0.15) is 0 Å². The molecule has 0 aliphatic heterocycles. The Bertz CT molecular complexity index is 3480. The Labute approximate surface area is 366 Å². The maximum absolute atomic E-state index is 2.42. The lowest BCUT2D eigenvalue weighted by atomic mass is 10.0. The molecule has 12 rings (SSSR count). The van der Waals surface area contributed by atoms with Gasteiger partial charge in [-0.3, -0.25) is 0 Å². The maximum Gasteiger partial charge on any atom is 0.0547 e. The molecule has 0 aliphatic rings. The highest BCUT2D eigenvalue weighted by atomic mass is 15.1. The first-order valence-corrected chi connectivity index (χ1v) is 21.6. The zero-order chi connectivity index (χ0) is 41.7. The Morgan fingerprint density at radius 3 is 1.16 bits per heavy atom. The van der Waals surface area contributed by atoms with Crippen LogP contribution in [-0.4, -0.2) is 9.13 Å². The highest BCUT2D eigenvalue weighted by molar-refractivity contribution is 6.12. The van der Waals surface area contributed by atoms with Crippen molar-refractivity contribution in [1.82, 2.24) is 9.13 Å². The van der Waals surface area contributed by atoms with E-state index in [1.54, 1.807) is 0 Å². The van der Waals surface area contributed by atoms with Crippen LogP contribution >= 0.6 is 0 Å². The van der Waals surface area contributed by atoms with Crippen molar-refractivity contribution in [2.45, 2.75) is 0 Å². The van der Waals surface area contributed by atoms with Gasteiger partial charge in [0.15, 0.2) is 0 Å². The average Bonchev–Trinajstić information content (AvgIpc) is 3.88. The van der Waals surface area contributed by atoms with Gasteiger partial charge in [-0.1, -0.05) is 158 Å². The van der Waals surface area contributed by atoms with E-state index >= 15 is 0 Å². The molecule has 63 heavy (non-hydrogen) atoms. The molecule has 0 bridgehead atoms. The molecule has 0 saturated heterocycles. The van der Waals surface area contributed by atoms with Crippen LogP contribution in [0.4, 0.5) is 17.1 Å². The summed E-state index contributed by atoms with van der Waals surface area (Å²) in [5.74, 6) is 0.